The van der Waals surface area contributed by atoms with Gasteiger partial charge in [0.25, 0.3) is 0 Å². The Balaban J connectivity index is 1.95. The highest BCUT2D eigenvalue weighted by molar-refractivity contribution is 6.22. The Labute approximate surface area is 105 Å². The standard InChI is InChI=1S/C14H14FNO2/c15-9-5-7-10(8-6-9)16-13(17)11-3-1-2-4-12(11)14(16)18/h5-8,11-12H,1-4H2. The summed E-state index contributed by atoms with van der Waals surface area (Å²) in [6.45, 7) is 0. The summed E-state index contributed by atoms with van der Waals surface area (Å²) in [6.07, 6.45) is 3.62. The first-order valence-corrected chi connectivity index (χ1v) is 6.32. The van der Waals surface area contributed by atoms with Crippen LogP contribution in [0, 0.1) is 17.7 Å². The van der Waals surface area contributed by atoms with Crippen LogP contribution in [0.3, 0.4) is 0 Å². The molecule has 3 nitrogen and oxygen atoms in total. The van der Waals surface area contributed by atoms with Crippen LogP contribution in [-0.4, -0.2) is 11.8 Å². The second-order valence-electron chi connectivity index (χ2n) is 4.99. The molecule has 0 spiro atoms. The summed E-state index contributed by atoms with van der Waals surface area (Å²) < 4.78 is 12.9. The minimum atomic E-state index is -0.365. The SMILES string of the molecule is O=C1C2CCCCC2C(=O)N1c1ccc(F)cc1. The normalized spacial score (nSPS) is 27.5. The van der Waals surface area contributed by atoms with Crippen molar-refractivity contribution < 1.29 is 14.0 Å². The molecule has 2 fully saturated rings. The minimum Gasteiger partial charge on any atom is -0.274 e. The third-order valence-electron chi connectivity index (χ3n) is 3.93. The predicted octanol–water partition coefficient (Wildman–Crippen LogP) is 2.51. The molecule has 18 heavy (non-hydrogen) atoms. The third-order valence-corrected chi connectivity index (χ3v) is 3.93. The first-order valence-electron chi connectivity index (χ1n) is 6.32. The molecule has 1 aliphatic heterocycles. The predicted molar refractivity (Wildman–Crippen MR) is 64.3 cm³/mol. The molecule has 1 aromatic rings. The molecule has 1 heterocycles. The van der Waals surface area contributed by atoms with Crippen LogP contribution in [0.25, 0.3) is 0 Å². The number of nitrogens with zero attached hydrogens (tertiary/aromatic N) is 1. The van der Waals surface area contributed by atoms with Gasteiger partial charge in [-0.2, -0.15) is 0 Å². The molecule has 0 bridgehead atoms. The smallest absolute Gasteiger partial charge is 0.237 e. The molecule has 0 radical (unpaired) electrons. The summed E-state index contributed by atoms with van der Waals surface area (Å²) in [5, 5.41) is 0. The van der Waals surface area contributed by atoms with E-state index in [4.69, 9.17) is 0 Å². The second kappa shape index (κ2) is 4.19. The quantitative estimate of drug-likeness (QED) is 0.715. The van der Waals surface area contributed by atoms with Crippen molar-refractivity contribution in [2.24, 2.45) is 11.8 Å². The number of hydrogen-bond donors (Lipinski definition) is 0. The van der Waals surface area contributed by atoms with E-state index in [0.29, 0.717) is 5.69 Å². The average Bonchev–Trinajstić information content (AvgIpc) is 2.64. The van der Waals surface area contributed by atoms with Crippen LogP contribution in [0.5, 0.6) is 0 Å². The van der Waals surface area contributed by atoms with E-state index in [1.54, 1.807) is 0 Å². The first kappa shape index (κ1) is 11.4. The van der Waals surface area contributed by atoms with Gasteiger partial charge in [0.15, 0.2) is 0 Å². The lowest BCUT2D eigenvalue weighted by molar-refractivity contribution is -0.122. The Bertz CT molecular complexity index is 473. The van der Waals surface area contributed by atoms with E-state index in [0.717, 1.165) is 25.7 Å². The fourth-order valence-corrected chi connectivity index (χ4v) is 3.01. The maximum atomic E-state index is 12.9. The van der Waals surface area contributed by atoms with Gasteiger partial charge in [-0.1, -0.05) is 12.8 Å². The van der Waals surface area contributed by atoms with Crippen molar-refractivity contribution in [2.45, 2.75) is 25.7 Å². The molecule has 2 aliphatic rings. The maximum Gasteiger partial charge on any atom is 0.237 e. The van der Waals surface area contributed by atoms with Crippen LogP contribution < -0.4 is 4.90 Å². The average molecular weight is 247 g/mol. The van der Waals surface area contributed by atoms with Crippen molar-refractivity contribution in [1.82, 2.24) is 0 Å². The van der Waals surface area contributed by atoms with E-state index < -0.39 is 0 Å². The number of halogens is 1. The number of rotatable bonds is 1. The molecular weight excluding hydrogens is 233 g/mol. The Morgan fingerprint density at radius 1 is 0.944 bits per heavy atom. The highest BCUT2D eigenvalue weighted by Gasteiger charge is 2.48. The van der Waals surface area contributed by atoms with Crippen LogP contribution in [-0.2, 0) is 9.59 Å². The van der Waals surface area contributed by atoms with Gasteiger partial charge in [0.2, 0.25) is 11.8 Å². The Morgan fingerprint density at radius 3 is 1.94 bits per heavy atom. The summed E-state index contributed by atoms with van der Waals surface area (Å²) in [7, 11) is 0. The minimum absolute atomic E-state index is 0.115. The van der Waals surface area contributed by atoms with Gasteiger partial charge in [0.05, 0.1) is 17.5 Å². The number of amides is 2. The zero-order valence-electron chi connectivity index (χ0n) is 9.93. The van der Waals surface area contributed by atoms with E-state index in [2.05, 4.69) is 0 Å². The van der Waals surface area contributed by atoms with Crippen molar-refractivity contribution in [3.05, 3.63) is 30.1 Å². The largest absolute Gasteiger partial charge is 0.274 e. The summed E-state index contributed by atoms with van der Waals surface area (Å²) in [4.78, 5) is 25.7. The number of fused-ring (bicyclic) bond motifs is 1. The summed E-state index contributed by atoms with van der Waals surface area (Å²) >= 11 is 0. The lowest BCUT2D eigenvalue weighted by Gasteiger charge is -2.19. The van der Waals surface area contributed by atoms with Crippen LogP contribution in [0.2, 0.25) is 0 Å². The molecule has 2 atom stereocenters. The van der Waals surface area contributed by atoms with Crippen molar-refractivity contribution in [3.63, 3.8) is 0 Å². The van der Waals surface area contributed by atoms with E-state index in [1.807, 2.05) is 0 Å². The third kappa shape index (κ3) is 1.64. The van der Waals surface area contributed by atoms with Crippen LogP contribution >= 0.6 is 0 Å². The van der Waals surface area contributed by atoms with Gasteiger partial charge < -0.3 is 0 Å². The van der Waals surface area contributed by atoms with Gasteiger partial charge in [-0.15, -0.1) is 0 Å². The number of carbonyl (C=O) groups is 2. The molecule has 4 heteroatoms. The number of imide groups is 1. The molecule has 0 N–H and O–H groups in total. The fraction of sp³-hybridized carbons (Fsp3) is 0.429. The molecular formula is C14H14FNO2. The van der Waals surface area contributed by atoms with Crippen LogP contribution in [0.1, 0.15) is 25.7 Å². The van der Waals surface area contributed by atoms with Crippen LogP contribution in [0.4, 0.5) is 10.1 Å². The van der Waals surface area contributed by atoms with Crippen molar-refractivity contribution in [2.75, 3.05) is 4.90 Å². The lowest BCUT2D eigenvalue weighted by atomic mass is 9.81. The van der Waals surface area contributed by atoms with Gasteiger partial charge in [-0.05, 0) is 37.1 Å². The van der Waals surface area contributed by atoms with Gasteiger partial charge in [-0.25, -0.2) is 4.39 Å². The Hall–Kier alpha value is -1.71. The van der Waals surface area contributed by atoms with E-state index in [9.17, 15) is 14.0 Å². The van der Waals surface area contributed by atoms with Crippen molar-refractivity contribution in [3.8, 4) is 0 Å². The molecule has 0 aromatic heterocycles. The first-order chi connectivity index (χ1) is 8.68. The number of carbonyl (C=O) groups excluding carboxylic acids is 2. The monoisotopic (exact) mass is 247 g/mol. The maximum absolute atomic E-state index is 12.9. The summed E-state index contributed by atoms with van der Waals surface area (Å²) in [5.74, 6) is -0.907. The van der Waals surface area contributed by atoms with Crippen molar-refractivity contribution in [1.29, 1.82) is 0 Å². The van der Waals surface area contributed by atoms with Gasteiger partial charge in [-0.3, -0.25) is 14.5 Å². The second-order valence-corrected chi connectivity index (χ2v) is 4.99. The van der Waals surface area contributed by atoms with Crippen molar-refractivity contribution >= 4 is 17.5 Å². The number of hydrogen-bond acceptors (Lipinski definition) is 2. The number of benzene rings is 1. The van der Waals surface area contributed by atoms with E-state index in [1.165, 1.54) is 29.2 Å². The molecule has 3 rings (SSSR count). The molecule has 1 saturated heterocycles. The summed E-state index contributed by atoms with van der Waals surface area (Å²) in [5.41, 5.74) is 0.487. The highest BCUT2D eigenvalue weighted by atomic mass is 19.1. The fourth-order valence-electron chi connectivity index (χ4n) is 3.01. The van der Waals surface area contributed by atoms with Gasteiger partial charge in [0, 0.05) is 0 Å². The van der Waals surface area contributed by atoms with Crippen LogP contribution in [0.15, 0.2) is 24.3 Å². The molecule has 1 saturated carbocycles. The Morgan fingerprint density at radius 2 is 1.44 bits per heavy atom. The topological polar surface area (TPSA) is 37.4 Å². The Kier molecular flexibility index (Phi) is 2.65. The van der Waals surface area contributed by atoms with E-state index >= 15 is 0 Å². The molecule has 1 aliphatic carbocycles. The van der Waals surface area contributed by atoms with Gasteiger partial charge in [0.1, 0.15) is 5.82 Å². The van der Waals surface area contributed by atoms with Gasteiger partial charge >= 0.3 is 0 Å². The zero-order chi connectivity index (χ0) is 12.7. The number of anilines is 1. The molecule has 2 amide bonds. The highest BCUT2D eigenvalue weighted by Crippen LogP contribution is 2.39. The lowest BCUT2D eigenvalue weighted by Crippen LogP contribution is -2.30. The zero-order valence-corrected chi connectivity index (χ0v) is 9.93. The summed E-state index contributed by atoms with van der Waals surface area (Å²) in [6, 6.07) is 5.53. The molecule has 94 valence electrons. The van der Waals surface area contributed by atoms with E-state index in [-0.39, 0.29) is 29.5 Å². The molecule has 1 aromatic carbocycles. The molecule has 2 unspecified atom stereocenters.